The second kappa shape index (κ2) is 10.8. The van der Waals surface area contributed by atoms with Crippen LogP contribution in [0.2, 0.25) is 0 Å². The Morgan fingerprint density at radius 2 is 1.46 bits per heavy atom. The molecule has 3 aromatic carbocycles. The molecule has 0 aliphatic rings. The second-order valence-corrected chi connectivity index (χ2v) is 8.61. The van der Waals surface area contributed by atoms with E-state index in [2.05, 4.69) is 15.2 Å². The van der Waals surface area contributed by atoms with Crippen LogP contribution in [0.15, 0.2) is 121 Å². The van der Waals surface area contributed by atoms with E-state index in [0.717, 1.165) is 16.8 Å². The molecule has 0 saturated heterocycles. The summed E-state index contributed by atoms with van der Waals surface area (Å²) in [6, 6.07) is 34.9. The zero-order valence-corrected chi connectivity index (χ0v) is 19.6. The summed E-state index contributed by atoms with van der Waals surface area (Å²) >= 11 is 1.29. The second-order valence-electron chi connectivity index (χ2n) is 7.67. The fourth-order valence-electron chi connectivity index (χ4n) is 3.69. The number of carbonyl (C=O) groups excluding carboxylic acids is 1. The normalized spacial score (nSPS) is 11.7. The number of benzene rings is 3. The van der Waals surface area contributed by atoms with Gasteiger partial charge < -0.3 is 4.74 Å². The molecule has 0 bridgehead atoms. The lowest BCUT2D eigenvalue weighted by atomic mass is 10.1. The van der Waals surface area contributed by atoms with Gasteiger partial charge in [0.1, 0.15) is 0 Å². The number of aromatic nitrogens is 4. The first-order valence-electron chi connectivity index (χ1n) is 11.1. The van der Waals surface area contributed by atoms with Crippen LogP contribution in [0.1, 0.15) is 17.4 Å². The molecule has 0 amide bonds. The van der Waals surface area contributed by atoms with Gasteiger partial charge in [0.15, 0.2) is 17.1 Å². The molecule has 0 aliphatic heterocycles. The summed E-state index contributed by atoms with van der Waals surface area (Å²) < 4.78 is 7.86. The van der Waals surface area contributed by atoms with E-state index in [0.29, 0.717) is 16.7 Å². The predicted molar refractivity (Wildman–Crippen MR) is 136 cm³/mol. The van der Waals surface area contributed by atoms with E-state index in [-0.39, 0.29) is 11.7 Å². The van der Waals surface area contributed by atoms with Crippen LogP contribution in [-0.2, 0) is 9.53 Å². The minimum atomic E-state index is -0.586. The van der Waals surface area contributed by atoms with E-state index in [9.17, 15) is 4.79 Å². The van der Waals surface area contributed by atoms with Gasteiger partial charge in [0, 0.05) is 17.4 Å². The lowest BCUT2D eigenvalue weighted by molar-refractivity contribution is -0.144. The van der Waals surface area contributed by atoms with E-state index < -0.39 is 6.10 Å². The van der Waals surface area contributed by atoms with E-state index in [4.69, 9.17) is 4.74 Å². The fourth-order valence-corrected chi connectivity index (χ4v) is 4.43. The van der Waals surface area contributed by atoms with Crippen molar-refractivity contribution < 1.29 is 9.53 Å². The first-order chi connectivity index (χ1) is 17.3. The van der Waals surface area contributed by atoms with E-state index in [1.807, 2.05) is 114 Å². The van der Waals surface area contributed by atoms with Gasteiger partial charge in [-0.15, -0.1) is 10.2 Å². The number of ether oxygens (including phenoxy) is 1. The van der Waals surface area contributed by atoms with Crippen LogP contribution in [0.5, 0.6) is 0 Å². The van der Waals surface area contributed by atoms with E-state index in [1.165, 1.54) is 11.8 Å². The highest BCUT2D eigenvalue weighted by Crippen LogP contribution is 2.29. The average Bonchev–Trinajstić information content (AvgIpc) is 3.36. The fraction of sp³-hybridized carbons (Fsp3) is 0.0714. The van der Waals surface area contributed by atoms with Crippen molar-refractivity contribution in [2.24, 2.45) is 0 Å². The number of nitrogens with zero attached hydrogens (tertiary/aromatic N) is 4. The van der Waals surface area contributed by atoms with Crippen LogP contribution in [0, 0.1) is 0 Å². The minimum absolute atomic E-state index is 0.0793. The Kier molecular flexibility index (Phi) is 6.96. The Bertz CT molecular complexity index is 1340. The Morgan fingerprint density at radius 3 is 2.14 bits per heavy atom. The molecule has 0 aliphatic carbocycles. The number of carbonyl (C=O) groups is 1. The van der Waals surface area contributed by atoms with Gasteiger partial charge in [0.05, 0.1) is 11.4 Å². The van der Waals surface area contributed by atoms with Gasteiger partial charge in [-0.3, -0.25) is 14.3 Å². The van der Waals surface area contributed by atoms with Gasteiger partial charge >= 0.3 is 5.97 Å². The first-order valence-corrected chi connectivity index (χ1v) is 12.1. The maximum atomic E-state index is 13.0. The van der Waals surface area contributed by atoms with Gasteiger partial charge in [0.2, 0.25) is 0 Å². The summed E-state index contributed by atoms with van der Waals surface area (Å²) in [7, 11) is 0. The number of pyridine rings is 1. The lowest BCUT2D eigenvalue weighted by Crippen LogP contribution is -2.15. The van der Waals surface area contributed by atoms with Crippen molar-refractivity contribution in [1.29, 1.82) is 0 Å². The molecule has 0 N–H and O–H groups in total. The van der Waals surface area contributed by atoms with Gasteiger partial charge in [-0.1, -0.05) is 96.7 Å². The SMILES string of the molecule is O=C(CSc1nnc(-c2ccccc2)n1-c1ccccc1)OC(c1ccccc1)c1ccccn1. The molecular formula is C28H22N4O2S. The molecule has 6 nitrogen and oxygen atoms in total. The Labute approximate surface area is 207 Å². The molecule has 7 heteroatoms. The summed E-state index contributed by atoms with van der Waals surface area (Å²) in [6.07, 6.45) is 1.11. The van der Waals surface area contributed by atoms with E-state index >= 15 is 0 Å². The maximum Gasteiger partial charge on any atom is 0.317 e. The Morgan fingerprint density at radius 1 is 0.800 bits per heavy atom. The third-order valence-corrected chi connectivity index (χ3v) is 6.21. The maximum absolute atomic E-state index is 13.0. The first kappa shape index (κ1) is 22.6. The van der Waals surface area contributed by atoms with Crippen molar-refractivity contribution in [3.8, 4) is 17.1 Å². The summed E-state index contributed by atoms with van der Waals surface area (Å²) in [4.78, 5) is 17.4. The summed E-state index contributed by atoms with van der Waals surface area (Å²) in [5, 5.41) is 9.43. The number of hydrogen-bond acceptors (Lipinski definition) is 6. The monoisotopic (exact) mass is 478 g/mol. The smallest absolute Gasteiger partial charge is 0.317 e. The van der Waals surface area contributed by atoms with Gasteiger partial charge in [-0.25, -0.2) is 0 Å². The number of hydrogen-bond donors (Lipinski definition) is 0. The topological polar surface area (TPSA) is 69.9 Å². The molecule has 0 fully saturated rings. The molecule has 2 aromatic heterocycles. The number of para-hydroxylation sites is 1. The molecule has 172 valence electrons. The molecule has 5 aromatic rings. The van der Waals surface area contributed by atoms with Crippen LogP contribution < -0.4 is 0 Å². The van der Waals surface area contributed by atoms with Crippen LogP contribution in [0.4, 0.5) is 0 Å². The van der Waals surface area contributed by atoms with Crippen molar-refractivity contribution in [3.05, 3.63) is 127 Å². The summed E-state index contributed by atoms with van der Waals surface area (Å²) in [5.74, 6) is 0.428. The number of esters is 1. The molecule has 0 spiro atoms. The van der Waals surface area contributed by atoms with Gasteiger partial charge in [-0.05, 0) is 29.8 Å². The number of rotatable bonds is 8. The lowest BCUT2D eigenvalue weighted by Gasteiger charge is -2.18. The molecule has 0 radical (unpaired) electrons. The predicted octanol–water partition coefficient (Wildman–Crippen LogP) is 5.75. The largest absolute Gasteiger partial charge is 0.450 e. The molecule has 2 heterocycles. The minimum Gasteiger partial charge on any atom is -0.450 e. The third kappa shape index (κ3) is 5.31. The third-order valence-electron chi connectivity index (χ3n) is 5.31. The van der Waals surface area contributed by atoms with Crippen LogP contribution >= 0.6 is 11.8 Å². The Hall–Kier alpha value is -4.23. The van der Waals surface area contributed by atoms with Crippen molar-refractivity contribution in [1.82, 2.24) is 19.7 Å². The average molecular weight is 479 g/mol. The quantitative estimate of drug-likeness (QED) is 0.209. The van der Waals surface area contributed by atoms with E-state index in [1.54, 1.807) is 6.20 Å². The molecular weight excluding hydrogens is 456 g/mol. The highest BCUT2D eigenvalue weighted by molar-refractivity contribution is 7.99. The highest BCUT2D eigenvalue weighted by atomic mass is 32.2. The van der Waals surface area contributed by atoms with Crippen LogP contribution in [-0.4, -0.2) is 31.5 Å². The van der Waals surface area contributed by atoms with Gasteiger partial charge in [-0.2, -0.15) is 0 Å². The highest BCUT2D eigenvalue weighted by Gasteiger charge is 2.22. The molecule has 1 atom stereocenters. The molecule has 5 rings (SSSR count). The molecule has 35 heavy (non-hydrogen) atoms. The zero-order chi connectivity index (χ0) is 23.9. The summed E-state index contributed by atoms with van der Waals surface area (Å²) in [6.45, 7) is 0. The number of thioether (sulfide) groups is 1. The zero-order valence-electron chi connectivity index (χ0n) is 18.8. The summed E-state index contributed by atoms with van der Waals surface area (Å²) in [5.41, 5.74) is 3.40. The van der Waals surface area contributed by atoms with Gasteiger partial charge in [0.25, 0.3) is 0 Å². The Balaban J connectivity index is 1.38. The van der Waals surface area contributed by atoms with Crippen molar-refractivity contribution >= 4 is 17.7 Å². The molecule has 1 unspecified atom stereocenters. The van der Waals surface area contributed by atoms with Crippen molar-refractivity contribution in [2.45, 2.75) is 11.3 Å². The van der Waals surface area contributed by atoms with Crippen LogP contribution in [0.3, 0.4) is 0 Å². The van der Waals surface area contributed by atoms with Crippen molar-refractivity contribution in [3.63, 3.8) is 0 Å². The standard InChI is InChI=1S/C28H22N4O2S/c33-25(34-26(21-12-4-1-5-13-21)24-18-10-11-19-29-24)20-35-28-31-30-27(22-14-6-2-7-15-22)32(28)23-16-8-3-9-17-23/h1-19,26H,20H2. The van der Waals surface area contributed by atoms with Crippen LogP contribution in [0.25, 0.3) is 17.1 Å². The molecule has 0 saturated carbocycles. The van der Waals surface area contributed by atoms with Crippen molar-refractivity contribution in [2.75, 3.05) is 5.75 Å².